The highest BCUT2D eigenvalue weighted by Crippen LogP contribution is 2.22. The molecule has 3 N–H and O–H groups in total. The van der Waals surface area contributed by atoms with Gasteiger partial charge in [0.05, 0.1) is 0 Å². The van der Waals surface area contributed by atoms with E-state index in [0.29, 0.717) is 18.5 Å². The molecule has 0 aliphatic carbocycles. The van der Waals surface area contributed by atoms with Gasteiger partial charge < -0.3 is 15.7 Å². The molecule has 5 heteroatoms. The van der Waals surface area contributed by atoms with Crippen LogP contribution in [0, 0.1) is 5.92 Å². The van der Waals surface area contributed by atoms with E-state index in [1.165, 1.54) is 0 Å². The molecule has 0 radical (unpaired) electrons. The van der Waals surface area contributed by atoms with Crippen molar-refractivity contribution in [3.8, 4) is 0 Å². The van der Waals surface area contributed by atoms with Crippen LogP contribution in [0.25, 0.3) is 0 Å². The topological polar surface area (TPSA) is 78.4 Å². The van der Waals surface area contributed by atoms with E-state index in [0.717, 1.165) is 5.56 Å². The van der Waals surface area contributed by atoms with E-state index in [2.05, 4.69) is 31.4 Å². The van der Waals surface area contributed by atoms with Crippen LogP contribution < -0.4 is 10.6 Å². The first-order valence-electron chi connectivity index (χ1n) is 8.46. The minimum absolute atomic E-state index is 0.0269. The Morgan fingerprint density at radius 2 is 1.71 bits per heavy atom. The molecule has 1 atom stereocenters. The van der Waals surface area contributed by atoms with E-state index >= 15 is 0 Å². The Morgan fingerprint density at radius 3 is 2.17 bits per heavy atom. The van der Waals surface area contributed by atoms with Gasteiger partial charge in [0.1, 0.15) is 6.04 Å². The molecule has 5 nitrogen and oxygen atoms in total. The minimum atomic E-state index is -0.599. The number of carbonyl (C=O) groups excluding carboxylic acids is 2. The SMILES string of the molecule is CC(C)C(NC(=O)c1ccc(C(C)(C)C)cc1)C(=O)NCCCO. The molecule has 0 heterocycles. The second kappa shape index (κ2) is 8.83. The lowest BCUT2D eigenvalue weighted by Gasteiger charge is -2.22. The van der Waals surface area contributed by atoms with E-state index in [-0.39, 0.29) is 29.8 Å². The van der Waals surface area contributed by atoms with Crippen molar-refractivity contribution < 1.29 is 14.7 Å². The van der Waals surface area contributed by atoms with Gasteiger partial charge in [-0.05, 0) is 35.4 Å². The van der Waals surface area contributed by atoms with Crippen molar-refractivity contribution in [1.82, 2.24) is 10.6 Å². The smallest absolute Gasteiger partial charge is 0.251 e. The number of amides is 2. The number of benzene rings is 1. The van der Waals surface area contributed by atoms with E-state index in [9.17, 15) is 9.59 Å². The van der Waals surface area contributed by atoms with Gasteiger partial charge in [-0.25, -0.2) is 0 Å². The molecule has 134 valence electrons. The fraction of sp³-hybridized carbons (Fsp3) is 0.579. The summed E-state index contributed by atoms with van der Waals surface area (Å²) in [6.45, 7) is 10.6. The van der Waals surface area contributed by atoms with Crippen LogP contribution in [0.5, 0.6) is 0 Å². The number of hydrogen-bond donors (Lipinski definition) is 3. The van der Waals surface area contributed by atoms with E-state index in [1.807, 2.05) is 26.0 Å². The summed E-state index contributed by atoms with van der Waals surface area (Å²) in [5.41, 5.74) is 1.72. The molecule has 0 saturated heterocycles. The lowest BCUT2D eigenvalue weighted by atomic mass is 9.86. The molecule has 0 aromatic heterocycles. The summed E-state index contributed by atoms with van der Waals surface area (Å²) in [5, 5.41) is 14.3. The van der Waals surface area contributed by atoms with Gasteiger partial charge in [0.25, 0.3) is 5.91 Å². The number of nitrogens with one attached hydrogen (secondary N) is 2. The fourth-order valence-electron chi connectivity index (χ4n) is 2.28. The molecule has 1 aromatic rings. The van der Waals surface area contributed by atoms with Crippen LogP contribution >= 0.6 is 0 Å². The first-order valence-corrected chi connectivity index (χ1v) is 8.46. The Hall–Kier alpha value is -1.88. The third-order valence-corrected chi connectivity index (χ3v) is 3.88. The summed E-state index contributed by atoms with van der Waals surface area (Å²) in [5.74, 6) is -0.512. The van der Waals surface area contributed by atoms with Crippen molar-refractivity contribution >= 4 is 11.8 Å². The number of aliphatic hydroxyl groups is 1. The van der Waals surface area contributed by atoms with Crippen molar-refractivity contribution in [3.63, 3.8) is 0 Å². The fourth-order valence-corrected chi connectivity index (χ4v) is 2.28. The van der Waals surface area contributed by atoms with Gasteiger partial charge in [-0.1, -0.05) is 46.8 Å². The zero-order chi connectivity index (χ0) is 18.3. The molecule has 0 fully saturated rings. The summed E-state index contributed by atoms with van der Waals surface area (Å²) < 4.78 is 0. The third kappa shape index (κ3) is 5.96. The van der Waals surface area contributed by atoms with Crippen LogP contribution in [0.3, 0.4) is 0 Å². The Morgan fingerprint density at radius 1 is 1.12 bits per heavy atom. The number of rotatable bonds is 7. The van der Waals surface area contributed by atoms with Crippen molar-refractivity contribution in [3.05, 3.63) is 35.4 Å². The summed E-state index contributed by atoms with van der Waals surface area (Å²) in [7, 11) is 0. The predicted octanol–water partition coefficient (Wildman–Crippen LogP) is 2.24. The molecule has 24 heavy (non-hydrogen) atoms. The zero-order valence-electron chi connectivity index (χ0n) is 15.3. The second-order valence-electron chi connectivity index (χ2n) is 7.39. The Kier molecular flexibility index (Phi) is 7.42. The molecule has 0 saturated carbocycles. The second-order valence-corrected chi connectivity index (χ2v) is 7.39. The van der Waals surface area contributed by atoms with Gasteiger partial charge in [0.2, 0.25) is 5.91 Å². The van der Waals surface area contributed by atoms with Gasteiger partial charge in [-0.15, -0.1) is 0 Å². The quantitative estimate of drug-likeness (QED) is 0.669. The molecular formula is C19H30N2O3. The molecule has 1 aromatic carbocycles. The predicted molar refractivity (Wildman–Crippen MR) is 95.9 cm³/mol. The van der Waals surface area contributed by atoms with Crippen molar-refractivity contribution in [2.24, 2.45) is 5.92 Å². The van der Waals surface area contributed by atoms with Gasteiger partial charge in [-0.2, -0.15) is 0 Å². The Labute approximate surface area is 144 Å². The number of hydrogen-bond acceptors (Lipinski definition) is 3. The average molecular weight is 334 g/mol. The largest absolute Gasteiger partial charge is 0.396 e. The lowest BCUT2D eigenvalue weighted by Crippen LogP contribution is -2.49. The van der Waals surface area contributed by atoms with Crippen LogP contribution in [0.15, 0.2) is 24.3 Å². The number of aliphatic hydroxyl groups excluding tert-OH is 1. The van der Waals surface area contributed by atoms with E-state index < -0.39 is 6.04 Å². The summed E-state index contributed by atoms with van der Waals surface area (Å²) in [6, 6.07) is 6.87. The standard InChI is InChI=1S/C19H30N2O3/c1-13(2)16(18(24)20-11-6-12-22)21-17(23)14-7-9-15(10-8-14)19(3,4)5/h7-10,13,16,22H,6,11-12H2,1-5H3,(H,20,24)(H,21,23). The lowest BCUT2D eigenvalue weighted by molar-refractivity contribution is -0.123. The van der Waals surface area contributed by atoms with Gasteiger partial charge in [-0.3, -0.25) is 9.59 Å². The van der Waals surface area contributed by atoms with Crippen LogP contribution in [-0.2, 0) is 10.2 Å². The molecule has 2 amide bonds. The monoisotopic (exact) mass is 334 g/mol. The molecular weight excluding hydrogens is 304 g/mol. The van der Waals surface area contributed by atoms with E-state index in [4.69, 9.17) is 5.11 Å². The third-order valence-electron chi connectivity index (χ3n) is 3.88. The van der Waals surface area contributed by atoms with E-state index in [1.54, 1.807) is 12.1 Å². The highest BCUT2D eigenvalue weighted by molar-refractivity contribution is 5.97. The van der Waals surface area contributed by atoms with Crippen molar-refractivity contribution in [1.29, 1.82) is 0 Å². The molecule has 0 aliphatic heterocycles. The van der Waals surface area contributed by atoms with Crippen molar-refractivity contribution in [2.45, 2.75) is 52.5 Å². The Bertz CT molecular complexity index is 545. The zero-order valence-corrected chi connectivity index (χ0v) is 15.3. The van der Waals surface area contributed by atoms with Gasteiger partial charge >= 0.3 is 0 Å². The summed E-state index contributed by atoms with van der Waals surface area (Å²) in [6.07, 6.45) is 0.499. The van der Waals surface area contributed by atoms with Crippen LogP contribution in [-0.4, -0.2) is 36.1 Å². The van der Waals surface area contributed by atoms with Gasteiger partial charge in [0.15, 0.2) is 0 Å². The molecule has 1 rings (SSSR count). The summed E-state index contributed by atoms with van der Waals surface area (Å²) in [4.78, 5) is 24.6. The van der Waals surface area contributed by atoms with Gasteiger partial charge in [0, 0.05) is 18.7 Å². The first-order chi connectivity index (χ1) is 11.2. The van der Waals surface area contributed by atoms with Crippen LogP contribution in [0.4, 0.5) is 0 Å². The molecule has 1 unspecified atom stereocenters. The highest BCUT2D eigenvalue weighted by atomic mass is 16.3. The molecule has 0 bridgehead atoms. The van der Waals surface area contributed by atoms with Crippen LogP contribution in [0.1, 0.15) is 57.0 Å². The van der Waals surface area contributed by atoms with Crippen molar-refractivity contribution in [2.75, 3.05) is 13.2 Å². The maximum Gasteiger partial charge on any atom is 0.251 e. The Balaban J connectivity index is 2.76. The van der Waals surface area contributed by atoms with Crippen LogP contribution in [0.2, 0.25) is 0 Å². The minimum Gasteiger partial charge on any atom is -0.396 e. The highest BCUT2D eigenvalue weighted by Gasteiger charge is 2.24. The molecule has 0 aliphatic rings. The number of carbonyl (C=O) groups is 2. The maximum absolute atomic E-state index is 12.4. The average Bonchev–Trinajstić information content (AvgIpc) is 2.51. The maximum atomic E-state index is 12.4. The first kappa shape index (κ1) is 20.2. The molecule has 0 spiro atoms. The summed E-state index contributed by atoms with van der Waals surface area (Å²) >= 11 is 0. The normalized spacial score (nSPS) is 12.8.